The van der Waals surface area contributed by atoms with E-state index < -0.39 is 5.82 Å². The van der Waals surface area contributed by atoms with Gasteiger partial charge in [0.15, 0.2) is 11.6 Å². The number of rotatable bonds is 3. The Bertz CT molecular complexity index is 428. The van der Waals surface area contributed by atoms with Crippen LogP contribution in [0.4, 0.5) is 16.2 Å². The molecule has 2 rings (SSSR count). The smallest absolute Gasteiger partial charge is 0.222 e. The zero-order valence-corrected chi connectivity index (χ0v) is 10.7. The Morgan fingerprint density at radius 3 is 2.47 bits per heavy atom. The first kappa shape index (κ1) is 12.1. The Balaban J connectivity index is 2.03. The summed E-state index contributed by atoms with van der Waals surface area (Å²) in [5, 5.41) is 3.02. The van der Waals surface area contributed by atoms with Gasteiger partial charge in [0.25, 0.3) is 0 Å². The number of hydrogen-bond acceptors (Lipinski definition) is 4. The summed E-state index contributed by atoms with van der Waals surface area (Å²) in [7, 11) is 0. The van der Waals surface area contributed by atoms with Crippen LogP contribution in [-0.4, -0.2) is 16.5 Å². The van der Waals surface area contributed by atoms with Crippen LogP contribution >= 0.6 is 0 Å². The van der Waals surface area contributed by atoms with Gasteiger partial charge in [0, 0.05) is 6.54 Å². The van der Waals surface area contributed by atoms with Crippen molar-refractivity contribution in [3.05, 3.63) is 12.0 Å². The lowest BCUT2D eigenvalue weighted by Gasteiger charge is -2.07. The highest BCUT2D eigenvalue weighted by molar-refractivity contribution is 5.39. The predicted molar refractivity (Wildman–Crippen MR) is 65.9 cm³/mol. The van der Waals surface area contributed by atoms with Crippen LogP contribution in [0.2, 0.25) is 0 Å². The lowest BCUT2D eigenvalue weighted by atomic mass is 10.0. The molecule has 3 N–H and O–H groups in total. The molecule has 0 aromatic carbocycles. The first-order valence-electron chi connectivity index (χ1n) is 5.78. The average molecular weight is 238 g/mol. The van der Waals surface area contributed by atoms with E-state index >= 15 is 0 Å². The summed E-state index contributed by atoms with van der Waals surface area (Å²) in [4.78, 5) is 7.44. The molecule has 1 fully saturated rings. The summed E-state index contributed by atoms with van der Waals surface area (Å²) < 4.78 is 13.4. The second-order valence-corrected chi connectivity index (χ2v) is 5.80. The van der Waals surface area contributed by atoms with Gasteiger partial charge in [0.1, 0.15) is 0 Å². The summed E-state index contributed by atoms with van der Waals surface area (Å²) in [6.07, 6.45) is 1.09. The molecule has 0 spiro atoms. The van der Waals surface area contributed by atoms with Crippen molar-refractivity contribution in [3.63, 3.8) is 0 Å². The van der Waals surface area contributed by atoms with E-state index in [-0.39, 0.29) is 22.6 Å². The molecular weight excluding hydrogens is 219 g/mol. The third-order valence-electron chi connectivity index (χ3n) is 4.56. The fraction of sp³-hybridized carbons (Fsp3) is 0.667. The van der Waals surface area contributed by atoms with Crippen LogP contribution in [0, 0.1) is 22.6 Å². The molecule has 0 radical (unpaired) electrons. The Hall–Kier alpha value is -1.39. The van der Waals surface area contributed by atoms with Crippen LogP contribution < -0.4 is 11.1 Å². The highest BCUT2D eigenvalue weighted by atomic mass is 19.1. The lowest BCUT2D eigenvalue weighted by Crippen LogP contribution is -2.12. The average Bonchev–Trinajstić information content (AvgIpc) is 2.60. The number of nitrogens with zero attached hydrogens (tertiary/aromatic N) is 2. The number of aromatic nitrogens is 2. The van der Waals surface area contributed by atoms with Crippen molar-refractivity contribution in [2.24, 2.45) is 16.7 Å². The number of anilines is 2. The van der Waals surface area contributed by atoms with Crippen LogP contribution in [0.25, 0.3) is 0 Å². The van der Waals surface area contributed by atoms with Crippen molar-refractivity contribution in [1.82, 2.24) is 9.97 Å². The molecule has 0 aliphatic heterocycles. The maximum absolute atomic E-state index is 13.4. The monoisotopic (exact) mass is 238 g/mol. The third-order valence-corrected chi connectivity index (χ3v) is 4.56. The highest BCUT2D eigenvalue weighted by Crippen LogP contribution is 2.68. The molecule has 0 saturated heterocycles. The van der Waals surface area contributed by atoms with E-state index in [4.69, 9.17) is 5.73 Å². The van der Waals surface area contributed by atoms with Crippen molar-refractivity contribution in [2.45, 2.75) is 27.7 Å². The van der Waals surface area contributed by atoms with E-state index in [1.807, 2.05) is 0 Å². The van der Waals surface area contributed by atoms with Crippen molar-refractivity contribution in [3.8, 4) is 0 Å². The van der Waals surface area contributed by atoms with E-state index in [2.05, 4.69) is 43.0 Å². The van der Waals surface area contributed by atoms with Crippen LogP contribution in [-0.2, 0) is 0 Å². The van der Waals surface area contributed by atoms with Crippen LogP contribution in [0.3, 0.4) is 0 Å². The van der Waals surface area contributed by atoms with Gasteiger partial charge in [0.05, 0.1) is 6.20 Å². The molecule has 1 aromatic heterocycles. The fourth-order valence-corrected chi connectivity index (χ4v) is 2.55. The zero-order valence-electron chi connectivity index (χ0n) is 10.7. The van der Waals surface area contributed by atoms with Gasteiger partial charge in [-0.05, 0) is 16.7 Å². The maximum atomic E-state index is 13.4. The molecule has 0 atom stereocenters. The molecule has 4 nitrogen and oxygen atoms in total. The normalized spacial score (nSPS) is 21.2. The minimum absolute atomic E-state index is 0.0863. The zero-order chi connectivity index (χ0) is 12.8. The summed E-state index contributed by atoms with van der Waals surface area (Å²) in [5.41, 5.74) is 5.97. The summed E-state index contributed by atoms with van der Waals surface area (Å²) in [5.74, 6) is 0.320. The van der Waals surface area contributed by atoms with Crippen molar-refractivity contribution in [2.75, 3.05) is 17.6 Å². The molecule has 1 saturated carbocycles. The third kappa shape index (κ3) is 1.83. The second kappa shape index (κ2) is 3.55. The van der Waals surface area contributed by atoms with Gasteiger partial charge in [-0.3, -0.25) is 0 Å². The summed E-state index contributed by atoms with van der Waals surface area (Å²) in [6, 6.07) is 0. The molecule has 1 heterocycles. The summed E-state index contributed by atoms with van der Waals surface area (Å²) in [6.45, 7) is 9.61. The molecule has 1 aromatic rings. The van der Waals surface area contributed by atoms with E-state index in [0.717, 1.165) is 6.20 Å². The highest BCUT2D eigenvalue weighted by Gasteiger charge is 2.64. The van der Waals surface area contributed by atoms with Gasteiger partial charge >= 0.3 is 0 Å². The summed E-state index contributed by atoms with van der Waals surface area (Å²) >= 11 is 0. The van der Waals surface area contributed by atoms with Gasteiger partial charge in [0.2, 0.25) is 5.95 Å². The topological polar surface area (TPSA) is 63.8 Å². The molecule has 0 unspecified atom stereocenters. The number of hydrogen-bond donors (Lipinski definition) is 2. The molecule has 1 aliphatic rings. The van der Waals surface area contributed by atoms with E-state index in [0.29, 0.717) is 12.5 Å². The first-order valence-corrected chi connectivity index (χ1v) is 5.78. The molecule has 1 aliphatic carbocycles. The van der Waals surface area contributed by atoms with Crippen LogP contribution in [0.5, 0.6) is 0 Å². The Morgan fingerprint density at radius 2 is 1.94 bits per heavy atom. The second-order valence-electron chi connectivity index (χ2n) is 5.80. The SMILES string of the molecule is CC1(C)C(CNc2nc(N)ncc2F)C1(C)C. The lowest BCUT2D eigenvalue weighted by molar-refractivity contribution is 0.457. The van der Waals surface area contributed by atoms with Gasteiger partial charge < -0.3 is 11.1 Å². The predicted octanol–water partition coefficient (Wildman–Crippen LogP) is 2.29. The van der Waals surface area contributed by atoms with Crippen molar-refractivity contribution >= 4 is 11.8 Å². The van der Waals surface area contributed by atoms with Gasteiger partial charge in [-0.1, -0.05) is 27.7 Å². The number of halogens is 1. The van der Waals surface area contributed by atoms with E-state index in [1.54, 1.807) is 0 Å². The minimum atomic E-state index is -0.463. The van der Waals surface area contributed by atoms with E-state index in [9.17, 15) is 4.39 Å². The van der Waals surface area contributed by atoms with Crippen LogP contribution in [0.1, 0.15) is 27.7 Å². The molecule has 0 bridgehead atoms. The van der Waals surface area contributed by atoms with E-state index in [1.165, 1.54) is 0 Å². The molecule has 0 amide bonds. The number of nitrogens with two attached hydrogens (primary N) is 1. The molecule has 94 valence electrons. The minimum Gasteiger partial charge on any atom is -0.368 e. The van der Waals surface area contributed by atoms with Gasteiger partial charge in [-0.25, -0.2) is 9.37 Å². The van der Waals surface area contributed by atoms with Gasteiger partial charge in [-0.15, -0.1) is 0 Å². The Morgan fingerprint density at radius 1 is 1.35 bits per heavy atom. The van der Waals surface area contributed by atoms with Gasteiger partial charge in [-0.2, -0.15) is 4.98 Å². The number of nitrogens with one attached hydrogen (secondary N) is 1. The Kier molecular flexibility index (Phi) is 2.52. The fourth-order valence-electron chi connectivity index (χ4n) is 2.55. The standard InChI is InChI=1S/C12H19FN4/c1-11(2)8(12(11,3)4)6-15-9-7(13)5-16-10(14)17-9/h5,8H,6H2,1-4H3,(H3,14,15,16,17). The quantitative estimate of drug-likeness (QED) is 0.848. The van der Waals surface area contributed by atoms with Crippen molar-refractivity contribution in [1.29, 1.82) is 0 Å². The van der Waals surface area contributed by atoms with Crippen molar-refractivity contribution < 1.29 is 4.39 Å². The molecule has 17 heavy (non-hydrogen) atoms. The maximum Gasteiger partial charge on any atom is 0.222 e. The molecule has 5 heteroatoms. The largest absolute Gasteiger partial charge is 0.368 e. The van der Waals surface area contributed by atoms with Crippen LogP contribution in [0.15, 0.2) is 6.20 Å². The Labute approximate surface area is 101 Å². The first-order chi connectivity index (χ1) is 7.76. The number of nitrogen functional groups attached to an aromatic ring is 1. The molecular formula is C12H19FN4.